The van der Waals surface area contributed by atoms with Gasteiger partial charge < -0.3 is 9.64 Å². The second-order valence-corrected chi connectivity index (χ2v) is 9.22. The molecular formula is C25H26FN5O. The number of aromatic nitrogens is 3. The minimum absolute atomic E-state index is 0.00998. The lowest BCUT2D eigenvalue weighted by molar-refractivity contribution is 0.199. The van der Waals surface area contributed by atoms with E-state index in [-0.39, 0.29) is 18.1 Å². The van der Waals surface area contributed by atoms with Gasteiger partial charge in [-0.15, -0.1) is 0 Å². The molecule has 6 nitrogen and oxygen atoms in total. The minimum Gasteiger partial charge on any atom is -0.348 e. The number of benzene rings is 1. The molecule has 164 valence electrons. The summed E-state index contributed by atoms with van der Waals surface area (Å²) in [6.07, 6.45) is 1.66. The van der Waals surface area contributed by atoms with Gasteiger partial charge >= 0.3 is 0 Å². The molecule has 0 N–H and O–H groups in total. The Morgan fingerprint density at radius 2 is 1.69 bits per heavy atom. The van der Waals surface area contributed by atoms with Gasteiger partial charge in [0, 0.05) is 49.3 Å². The number of aryl methyl sites for hydroxylation is 2. The molecule has 0 bridgehead atoms. The van der Waals surface area contributed by atoms with Gasteiger partial charge in [-0.05, 0) is 67.6 Å². The molecule has 0 amide bonds. The number of fused-ring (bicyclic) bond motifs is 1. The highest BCUT2D eigenvalue weighted by Gasteiger charge is 2.52. The summed E-state index contributed by atoms with van der Waals surface area (Å²) in [5, 5.41) is 0. The Bertz CT molecular complexity index is 1120. The number of hydrogen-bond acceptors (Lipinski definition) is 6. The summed E-state index contributed by atoms with van der Waals surface area (Å²) >= 11 is 0. The van der Waals surface area contributed by atoms with Crippen LogP contribution in [0, 0.1) is 31.5 Å². The molecule has 0 aliphatic carbocycles. The van der Waals surface area contributed by atoms with E-state index in [1.54, 1.807) is 12.3 Å². The minimum atomic E-state index is -0.240. The SMILES string of the molecule is Cc1cc(C)nc(N2CC3CN(C4OC4c4cc(F)ccc4-c4ccccn4)CC3C2)n1. The van der Waals surface area contributed by atoms with Crippen LogP contribution in [0.3, 0.4) is 0 Å². The van der Waals surface area contributed by atoms with Gasteiger partial charge in [0.05, 0.1) is 5.69 Å². The Kier molecular flexibility index (Phi) is 4.69. The Morgan fingerprint density at radius 1 is 0.938 bits per heavy atom. The lowest BCUT2D eigenvalue weighted by Gasteiger charge is -2.21. The van der Waals surface area contributed by atoms with Gasteiger partial charge in [0.15, 0.2) is 0 Å². The zero-order chi connectivity index (χ0) is 21.8. The first kappa shape index (κ1) is 19.8. The van der Waals surface area contributed by atoms with Crippen molar-refractivity contribution in [3.05, 3.63) is 71.4 Å². The highest BCUT2D eigenvalue weighted by molar-refractivity contribution is 5.64. The van der Waals surface area contributed by atoms with Gasteiger partial charge in [0.25, 0.3) is 0 Å². The molecule has 0 radical (unpaired) electrons. The summed E-state index contributed by atoms with van der Waals surface area (Å²) in [6, 6.07) is 12.7. The first-order valence-corrected chi connectivity index (χ1v) is 11.2. The molecule has 5 heterocycles. The number of rotatable bonds is 4. The van der Waals surface area contributed by atoms with Crippen LogP contribution in [0.25, 0.3) is 11.3 Å². The Balaban J connectivity index is 1.16. The van der Waals surface area contributed by atoms with Crippen LogP contribution in [0.15, 0.2) is 48.7 Å². The van der Waals surface area contributed by atoms with Crippen LogP contribution in [-0.2, 0) is 4.74 Å². The molecule has 0 spiro atoms. The summed E-state index contributed by atoms with van der Waals surface area (Å²) in [7, 11) is 0. The smallest absolute Gasteiger partial charge is 0.225 e. The molecule has 3 aliphatic heterocycles. The number of hydrogen-bond donors (Lipinski definition) is 0. The van der Waals surface area contributed by atoms with E-state index in [0.29, 0.717) is 11.8 Å². The third kappa shape index (κ3) is 3.55. The van der Waals surface area contributed by atoms with Crippen LogP contribution in [-0.4, -0.2) is 52.3 Å². The molecule has 2 aromatic heterocycles. The average Bonchev–Trinajstić information content (AvgIpc) is 3.32. The monoisotopic (exact) mass is 431 g/mol. The molecule has 1 aromatic carbocycles. The van der Waals surface area contributed by atoms with Crippen LogP contribution < -0.4 is 4.90 Å². The van der Waals surface area contributed by atoms with Crippen molar-refractivity contribution in [1.82, 2.24) is 19.9 Å². The maximum atomic E-state index is 14.1. The third-order valence-corrected chi connectivity index (χ3v) is 6.86. The number of ether oxygens (including phenoxy) is 1. The molecule has 3 fully saturated rings. The molecular weight excluding hydrogens is 405 g/mol. The maximum Gasteiger partial charge on any atom is 0.225 e. The summed E-state index contributed by atoms with van der Waals surface area (Å²) in [5.41, 5.74) is 4.70. The van der Waals surface area contributed by atoms with Crippen molar-refractivity contribution in [1.29, 1.82) is 0 Å². The summed E-state index contributed by atoms with van der Waals surface area (Å²) in [4.78, 5) is 18.5. The van der Waals surface area contributed by atoms with E-state index in [4.69, 9.17) is 4.74 Å². The summed E-state index contributed by atoms with van der Waals surface area (Å²) in [5.74, 6) is 1.76. The number of likely N-dealkylation sites (tertiary alicyclic amines) is 1. The quantitative estimate of drug-likeness (QED) is 0.587. The lowest BCUT2D eigenvalue weighted by atomic mass is 10.0. The van der Waals surface area contributed by atoms with Crippen LogP contribution in [0.2, 0.25) is 0 Å². The van der Waals surface area contributed by atoms with Crippen molar-refractivity contribution in [3.8, 4) is 11.3 Å². The van der Waals surface area contributed by atoms with Gasteiger partial charge in [0.1, 0.15) is 18.1 Å². The first-order chi connectivity index (χ1) is 15.5. The Labute approximate surface area is 187 Å². The van der Waals surface area contributed by atoms with Gasteiger partial charge in [-0.2, -0.15) is 0 Å². The molecule has 4 unspecified atom stereocenters. The zero-order valence-corrected chi connectivity index (χ0v) is 18.3. The highest BCUT2D eigenvalue weighted by atomic mass is 19.1. The largest absolute Gasteiger partial charge is 0.348 e. The topological polar surface area (TPSA) is 57.7 Å². The van der Waals surface area contributed by atoms with E-state index in [2.05, 4.69) is 24.8 Å². The van der Waals surface area contributed by atoms with Crippen LogP contribution in [0.4, 0.5) is 10.3 Å². The van der Waals surface area contributed by atoms with Crippen molar-refractivity contribution in [2.45, 2.75) is 26.2 Å². The lowest BCUT2D eigenvalue weighted by Crippen LogP contribution is -2.31. The standard InChI is InChI=1S/C25H26FN5O/c1-15-9-16(2)29-25(28-15)31-13-17-11-30(12-18(17)14-31)24-23(32-24)21-10-19(26)6-7-20(21)22-5-3-4-8-27-22/h3-10,17-18,23-24H,11-14H2,1-2H3. The third-order valence-electron chi connectivity index (χ3n) is 6.86. The van der Waals surface area contributed by atoms with Crippen LogP contribution in [0.5, 0.6) is 0 Å². The highest BCUT2D eigenvalue weighted by Crippen LogP contribution is 2.47. The normalized spacial score (nSPS) is 27.0. The molecule has 6 rings (SSSR count). The predicted octanol–water partition coefficient (Wildman–Crippen LogP) is 3.76. The van der Waals surface area contributed by atoms with Gasteiger partial charge in [-0.25, -0.2) is 14.4 Å². The number of anilines is 1. The number of nitrogens with zero attached hydrogens (tertiary/aromatic N) is 5. The Morgan fingerprint density at radius 3 is 2.38 bits per heavy atom. The van der Waals surface area contributed by atoms with Crippen LogP contribution >= 0.6 is 0 Å². The second-order valence-electron chi connectivity index (χ2n) is 9.22. The average molecular weight is 432 g/mol. The van der Waals surface area contributed by atoms with E-state index >= 15 is 0 Å². The number of epoxide rings is 1. The van der Waals surface area contributed by atoms with E-state index in [9.17, 15) is 4.39 Å². The number of pyridine rings is 1. The maximum absolute atomic E-state index is 14.1. The van der Waals surface area contributed by atoms with Crippen molar-refractivity contribution >= 4 is 5.95 Å². The van der Waals surface area contributed by atoms with E-state index < -0.39 is 0 Å². The van der Waals surface area contributed by atoms with Gasteiger partial charge in [-0.3, -0.25) is 9.88 Å². The predicted molar refractivity (Wildman–Crippen MR) is 120 cm³/mol. The molecule has 7 heteroatoms. The van der Waals surface area contributed by atoms with Gasteiger partial charge in [-0.1, -0.05) is 6.07 Å². The van der Waals surface area contributed by atoms with E-state index in [0.717, 1.165) is 60.3 Å². The molecule has 32 heavy (non-hydrogen) atoms. The van der Waals surface area contributed by atoms with Crippen molar-refractivity contribution in [2.24, 2.45) is 11.8 Å². The molecule has 3 saturated heterocycles. The Hall–Kier alpha value is -2.90. The van der Waals surface area contributed by atoms with E-state index in [1.165, 1.54) is 6.07 Å². The van der Waals surface area contributed by atoms with Crippen molar-refractivity contribution in [2.75, 3.05) is 31.1 Å². The fourth-order valence-corrected chi connectivity index (χ4v) is 5.38. The molecule has 4 atom stereocenters. The fourth-order valence-electron chi connectivity index (χ4n) is 5.38. The first-order valence-electron chi connectivity index (χ1n) is 11.2. The van der Waals surface area contributed by atoms with Crippen molar-refractivity contribution < 1.29 is 9.13 Å². The molecule has 0 saturated carbocycles. The number of halogens is 1. The second kappa shape index (κ2) is 7.60. The molecule has 3 aliphatic rings. The van der Waals surface area contributed by atoms with E-state index in [1.807, 2.05) is 44.2 Å². The van der Waals surface area contributed by atoms with Crippen molar-refractivity contribution in [3.63, 3.8) is 0 Å². The zero-order valence-electron chi connectivity index (χ0n) is 18.3. The van der Waals surface area contributed by atoms with Crippen LogP contribution in [0.1, 0.15) is 23.1 Å². The molecule has 3 aromatic rings. The van der Waals surface area contributed by atoms with Gasteiger partial charge in [0.2, 0.25) is 5.95 Å². The fraction of sp³-hybridized carbons (Fsp3) is 0.400. The summed E-state index contributed by atoms with van der Waals surface area (Å²) in [6.45, 7) is 7.96. The summed E-state index contributed by atoms with van der Waals surface area (Å²) < 4.78 is 20.2.